The number of rotatable bonds is 7. The number of aromatic nitrogens is 1. The number of nitrogens with zero attached hydrogens (tertiary/aromatic N) is 2. The van der Waals surface area contributed by atoms with Gasteiger partial charge in [0.2, 0.25) is 5.90 Å². The minimum Gasteiger partial charge on any atom is -0.481 e. The lowest BCUT2D eigenvalue weighted by Crippen LogP contribution is -2.36. The number of aliphatic imine (C=N–C) groups is 1. The minimum absolute atomic E-state index is 0.109. The van der Waals surface area contributed by atoms with E-state index < -0.39 is 18.7 Å². The largest absolute Gasteiger partial charge is 0.481 e. The molecule has 1 heterocycles. The fraction of sp³-hybridized carbons (Fsp3) is 0.200. The summed E-state index contributed by atoms with van der Waals surface area (Å²) in [6.07, 6.45) is 2.94. The van der Waals surface area contributed by atoms with E-state index in [1.54, 1.807) is 13.1 Å². The summed E-state index contributed by atoms with van der Waals surface area (Å²) in [5, 5.41) is 22.8. The van der Waals surface area contributed by atoms with Crippen LogP contribution in [0.25, 0.3) is 0 Å². The molecular formula is C20H25N7O3. The summed E-state index contributed by atoms with van der Waals surface area (Å²) >= 11 is 0. The molecule has 0 saturated heterocycles. The van der Waals surface area contributed by atoms with Gasteiger partial charge in [0.15, 0.2) is 0 Å². The van der Waals surface area contributed by atoms with Crippen molar-refractivity contribution in [1.82, 2.24) is 10.3 Å². The van der Waals surface area contributed by atoms with Crippen LogP contribution in [0.2, 0.25) is 0 Å². The van der Waals surface area contributed by atoms with E-state index in [1.807, 2.05) is 30.3 Å². The average Bonchev–Trinajstić information content (AvgIpc) is 2.75. The Kier molecular flexibility index (Phi) is 7.89. The number of hydrogen-bond donors (Lipinski definition) is 6. The fourth-order valence-corrected chi connectivity index (χ4v) is 2.82. The number of carbonyl (C=O) groups is 1. The Hall–Kier alpha value is -3.92. The summed E-state index contributed by atoms with van der Waals surface area (Å²) in [6, 6.07) is 9.52. The van der Waals surface area contributed by atoms with E-state index in [0.717, 1.165) is 5.56 Å². The molecule has 0 unspecified atom stereocenters. The molecule has 0 spiro atoms. The molecule has 10 nitrogen and oxygen atoms in total. The zero-order valence-electron chi connectivity index (χ0n) is 16.7. The van der Waals surface area contributed by atoms with Crippen molar-refractivity contribution >= 4 is 29.1 Å². The normalized spacial score (nSPS) is 12.4. The van der Waals surface area contributed by atoms with E-state index in [4.69, 9.17) is 21.6 Å². The standard InChI is InChI=1S/C20H25N7O3/c1-24-14(8-9-21)18(12-6-4-3-5-7-12)27-20(29)26-16-10-13(22)17(19(23)30-2)15(11-28)25-16/h3-10,18,23,28H,11,21H2,1-2H3,(H4,22,25,26,27,29)/t18-/m0/s1. The highest BCUT2D eigenvalue weighted by molar-refractivity contribution is 6.03. The molecule has 0 aliphatic heterocycles. The summed E-state index contributed by atoms with van der Waals surface area (Å²) in [6.45, 7) is -0.483. The topological polar surface area (TPSA) is 172 Å². The van der Waals surface area contributed by atoms with Crippen LogP contribution in [0.1, 0.15) is 22.9 Å². The van der Waals surface area contributed by atoms with Crippen molar-refractivity contribution in [3.05, 3.63) is 65.5 Å². The van der Waals surface area contributed by atoms with Gasteiger partial charge in [-0.25, -0.2) is 9.78 Å². The molecule has 0 radical (unpaired) electrons. The second-order valence-electron chi connectivity index (χ2n) is 6.06. The van der Waals surface area contributed by atoms with Crippen LogP contribution in [0.4, 0.5) is 16.3 Å². The van der Waals surface area contributed by atoms with Gasteiger partial charge in [-0.2, -0.15) is 0 Å². The Morgan fingerprint density at radius 2 is 2.10 bits per heavy atom. The highest BCUT2D eigenvalue weighted by atomic mass is 16.5. The summed E-state index contributed by atoms with van der Waals surface area (Å²) < 4.78 is 4.87. The van der Waals surface area contributed by atoms with Gasteiger partial charge in [-0.3, -0.25) is 15.7 Å². The van der Waals surface area contributed by atoms with E-state index in [9.17, 15) is 9.90 Å². The van der Waals surface area contributed by atoms with Gasteiger partial charge in [0.05, 0.1) is 36.7 Å². The van der Waals surface area contributed by atoms with Gasteiger partial charge < -0.3 is 26.6 Å². The van der Waals surface area contributed by atoms with Gasteiger partial charge >= 0.3 is 6.03 Å². The minimum atomic E-state index is -0.569. The first-order chi connectivity index (χ1) is 14.4. The van der Waals surface area contributed by atoms with Crippen LogP contribution in [-0.4, -0.2) is 41.9 Å². The number of carbonyl (C=O) groups excluding carboxylic acids is 1. The van der Waals surface area contributed by atoms with Crippen molar-refractivity contribution < 1.29 is 14.6 Å². The maximum atomic E-state index is 12.7. The summed E-state index contributed by atoms with van der Waals surface area (Å²) in [7, 11) is 2.92. The Balaban J connectivity index is 2.29. The quantitative estimate of drug-likeness (QED) is 0.298. The monoisotopic (exact) mass is 411 g/mol. The second kappa shape index (κ2) is 10.6. The van der Waals surface area contributed by atoms with Gasteiger partial charge in [0.25, 0.3) is 0 Å². The van der Waals surface area contributed by atoms with Gasteiger partial charge in [-0.05, 0) is 17.8 Å². The molecule has 30 heavy (non-hydrogen) atoms. The molecular weight excluding hydrogens is 386 g/mol. The SMILES string of the molecule is CN=C(C=CN)[C@@H](NC(=O)Nc1cc(N)c(C(=N)OC)c(CO)n1)c1ccccc1. The average molecular weight is 411 g/mol. The second-order valence-corrected chi connectivity index (χ2v) is 6.06. The zero-order valence-corrected chi connectivity index (χ0v) is 16.7. The molecule has 1 aromatic carbocycles. The molecule has 0 bridgehead atoms. The van der Waals surface area contributed by atoms with Crippen LogP contribution in [0, 0.1) is 5.41 Å². The highest BCUT2D eigenvalue weighted by Crippen LogP contribution is 2.21. The maximum Gasteiger partial charge on any atom is 0.321 e. The number of nitrogens with two attached hydrogens (primary N) is 2. The van der Waals surface area contributed by atoms with Gasteiger partial charge in [-0.15, -0.1) is 0 Å². The molecule has 0 saturated carbocycles. The molecule has 10 heteroatoms. The predicted molar refractivity (Wildman–Crippen MR) is 116 cm³/mol. The van der Waals surface area contributed by atoms with Crippen molar-refractivity contribution in [1.29, 1.82) is 5.41 Å². The van der Waals surface area contributed by atoms with Gasteiger partial charge in [0, 0.05) is 18.8 Å². The summed E-state index contributed by atoms with van der Waals surface area (Å²) in [5.41, 5.74) is 13.2. The van der Waals surface area contributed by atoms with Crippen LogP contribution >= 0.6 is 0 Å². The third kappa shape index (κ3) is 5.32. The van der Waals surface area contributed by atoms with Crippen LogP contribution < -0.4 is 22.1 Å². The summed E-state index contributed by atoms with van der Waals surface area (Å²) in [4.78, 5) is 21.0. The number of nitrogen functional groups attached to an aromatic ring is 1. The first kappa shape index (κ1) is 22.4. The number of benzene rings is 1. The number of urea groups is 1. The number of amides is 2. The van der Waals surface area contributed by atoms with E-state index in [2.05, 4.69) is 20.6 Å². The van der Waals surface area contributed by atoms with Crippen molar-refractivity contribution in [3.8, 4) is 0 Å². The van der Waals surface area contributed by atoms with Crippen molar-refractivity contribution in [3.63, 3.8) is 0 Å². The number of nitrogens with one attached hydrogen (secondary N) is 3. The molecule has 1 atom stereocenters. The third-order valence-corrected chi connectivity index (χ3v) is 4.18. The fourth-order valence-electron chi connectivity index (χ4n) is 2.82. The predicted octanol–water partition coefficient (Wildman–Crippen LogP) is 1.53. The highest BCUT2D eigenvalue weighted by Gasteiger charge is 2.20. The number of aliphatic hydroxyl groups excluding tert-OH is 1. The molecule has 0 aliphatic carbocycles. The van der Waals surface area contributed by atoms with Crippen molar-refractivity contribution in [2.24, 2.45) is 10.7 Å². The van der Waals surface area contributed by atoms with E-state index in [-0.39, 0.29) is 28.7 Å². The maximum absolute atomic E-state index is 12.7. The lowest BCUT2D eigenvalue weighted by atomic mass is 10.0. The molecule has 1 aromatic heterocycles. The summed E-state index contributed by atoms with van der Waals surface area (Å²) in [5.74, 6) is -0.126. The Bertz CT molecular complexity index is 958. The molecule has 0 aliphatic rings. The molecule has 2 amide bonds. The first-order valence-corrected chi connectivity index (χ1v) is 8.95. The van der Waals surface area contributed by atoms with E-state index in [1.165, 1.54) is 19.4 Å². The molecule has 158 valence electrons. The zero-order chi connectivity index (χ0) is 22.1. The number of methoxy groups -OCH3 is 1. The Labute approximate surface area is 174 Å². The number of ether oxygens (including phenoxy) is 1. The smallest absolute Gasteiger partial charge is 0.321 e. The van der Waals surface area contributed by atoms with Gasteiger partial charge in [-0.1, -0.05) is 30.3 Å². The molecule has 2 rings (SSSR count). The van der Waals surface area contributed by atoms with Crippen LogP contribution in [0.15, 0.2) is 53.7 Å². The van der Waals surface area contributed by atoms with Crippen LogP contribution in [-0.2, 0) is 11.3 Å². The van der Waals surface area contributed by atoms with E-state index >= 15 is 0 Å². The van der Waals surface area contributed by atoms with E-state index in [0.29, 0.717) is 5.71 Å². The lowest BCUT2D eigenvalue weighted by Gasteiger charge is -2.20. The van der Waals surface area contributed by atoms with Gasteiger partial charge in [0.1, 0.15) is 5.82 Å². The van der Waals surface area contributed by atoms with Crippen molar-refractivity contribution in [2.45, 2.75) is 12.6 Å². The van der Waals surface area contributed by atoms with Crippen LogP contribution in [0.3, 0.4) is 0 Å². The first-order valence-electron chi connectivity index (χ1n) is 8.95. The molecule has 2 aromatic rings. The number of pyridine rings is 1. The number of hydrogen-bond acceptors (Lipinski definition) is 8. The Morgan fingerprint density at radius 1 is 1.40 bits per heavy atom. The lowest BCUT2D eigenvalue weighted by molar-refractivity contribution is 0.250. The Morgan fingerprint density at radius 3 is 2.67 bits per heavy atom. The van der Waals surface area contributed by atoms with Crippen molar-refractivity contribution in [2.75, 3.05) is 25.2 Å². The molecule has 0 fully saturated rings. The molecule has 8 N–H and O–H groups in total. The van der Waals surface area contributed by atoms with Crippen LogP contribution in [0.5, 0.6) is 0 Å². The number of anilines is 2. The third-order valence-electron chi connectivity index (χ3n) is 4.18. The number of aliphatic hydroxyl groups is 1.